The summed E-state index contributed by atoms with van der Waals surface area (Å²) in [5, 5.41) is 0.111. The van der Waals surface area contributed by atoms with Gasteiger partial charge in [0.15, 0.2) is 8.32 Å². The molecular weight excluding hydrogens is 320 g/mol. The van der Waals surface area contributed by atoms with Gasteiger partial charge in [-0.15, -0.1) is 0 Å². The van der Waals surface area contributed by atoms with Crippen molar-refractivity contribution >= 4 is 14.3 Å². The maximum absolute atomic E-state index is 11.7. The van der Waals surface area contributed by atoms with Crippen LogP contribution in [0.15, 0.2) is 36.1 Å². The first kappa shape index (κ1) is 20.7. The molecule has 1 rings (SSSR count). The Morgan fingerprint density at radius 2 is 1.88 bits per heavy atom. The van der Waals surface area contributed by atoms with E-state index in [1.54, 1.807) is 13.8 Å². The lowest BCUT2D eigenvalue weighted by molar-refractivity contribution is -0.206. The number of ether oxygens (including phenoxy) is 2. The molecule has 0 saturated carbocycles. The van der Waals surface area contributed by atoms with E-state index in [0.717, 1.165) is 0 Å². The van der Waals surface area contributed by atoms with Gasteiger partial charge >= 0.3 is 5.97 Å². The van der Waals surface area contributed by atoms with Gasteiger partial charge in [0.2, 0.25) is 5.79 Å². The first-order valence-electron chi connectivity index (χ1n) is 8.46. The molecule has 0 spiro atoms. The van der Waals surface area contributed by atoms with E-state index < -0.39 is 14.1 Å². The summed E-state index contributed by atoms with van der Waals surface area (Å²) in [5.74, 6) is -0.703. The van der Waals surface area contributed by atoms with Crippen LogP contribution in [0.4, 0.5) is 0 Å². The normalized spacial score (nSPS) is 20.0. The van der Waals surface area contributed by atoms with Gasteiger partial charge in [0, 0.05) is 20.3 Å². The van der Waals surface area contributed by atoms with Crippen molar-refractivity contribution in [1.82, 2.24) is 0 Å². The van der Waals surface area contributed by atoms with E-state index in [4.69, 9.17) is 13.9 Å². The summed E-state index contributed by atoms with van der Waals surface area (Å²) < 4.78 is 17.4. The summed E-state index contributed by atoms with van der Waals surface area (Å²) in [4.78, 5) is 11.7. The summed E-state index contributed by atoms with van der Waals surface area (Å²) >= 11 is 0. The molecule has 136 valence electrons. The first-order valence-corrected chi connectivity index (χ1v) is 11.4. The first-order chi connectivity index (χ1) is 10.9. The second-order valence-electron chi connectivity index (χ2n) is 8.07. The zero-order valence-corrected chi connectivity index (χ0v) is 17.3. The van der Waals surface area contributed by atoms with E-state index in [1.807, 2.05) is 31.2 Å². The molecule has 1 atom stereocenters. The lowest BCUT2D eigenvalue weighted by Gasteiger charge is -2.39. The Balaban J connectivity index is 2.97. The standard InChI is InChI=1S/C19H32O4Si/c1-9-10-11-12-15(23-24(7,8)18(2,3)4)13-16-14-17(20)22-19(5,6)21-16/h9-12,14-15H,13H2,1-8H3/b10-9+,12-11+. The van der Waals surface area contributed by atoms with Crippen molar-refractivity contribution in [2.24, 2.45) is 0 Å². The topological polar surface area (TPSA) is 44.8 Å². The molecule has 0 aromatic heterocycles. The van der Waals surface area contributed by atoms with E-state index in [9.17, 15) is 4.79 Å². The van der Waals surface area contributed by atoms with Gasteiger partial charge in [-0.25, -0.2) is 4.79 Å². The molecule has 0 aromatic rings. The number of cyclic esters (lactones) is 1. The molecule has 0 fully saturated rings. The van der Waals surface area contributed by atoms with Crippen LogP contribution in [0.25, 0.3) is 0 Å². The minimum atomic E-state index is -1.94. The van der Waals surface area contributed by atoms with E-state index in [1.165, 1.54) is 6.08 Å². The molecule has 0 radical (unpaired) electrons. The number of allylic oxidation sites excluding steroid dienone is 3. The Morgan fingerprint density at radius 1 is 1.25 bits per heavy atom. The van der Waals surface area contributed by atoms with Gasteiger partial charge in [0.05, 0.1) is 12.2 Å². The third kappa shape index (κ3) is 6.28. The average molecular weight is 353 g/mol. The van der Waals surface area contributed by atoms with Crippen molar-refractivity contribution in [1.29, 1.82) is 0 Å². The van der Waals surface area contributed by atoms with Crippen molar-refractivity contribution in [2.75, 3.05) is 0 Å². The summed E-state index contributed by atoms with van der Waals surface area (Å²) in [7, 11) is -1.94. The minimum Gasteiger partial charge on any atom is -0.457 e. The molecule has 1 unspecified atom stereocenters. The summed E-state index contributed by atoms with van der Waals surface area (Å²) in [6.45, 7) is 16.5. The quantitative estimate of drug-likeness (QED) is 0.379. The Hall–Kier alpha value is -1.33. The van der Waals surface area contributed by atoms with Crippen LogP contribution in [0, 0.1) is 0 Å². The van der Waals surface area contributed by atoms with Gasteiger partial charge in [-0.3, -0.25) is 0 Å². The van der Waals surface area contributed by atoms with Crippen molar-refractivity contribution in [3.63, 3.8) is 0 Å². The minimum absolute atomic E-state index is 0.111. The summed E-state index contributed by atoms with van der Waals surface area (Å²) in [5.41, 5.74) is 0. The van der Waals surface area contributed by atoms with E-state index >= 15 is 0 Å². The lowest BCUT2D eigenvalue weighted by atomic mass is 10.1. The summed E-state index contributed by atoms with van der Waals surface area (Å²) in [6, 6.07) is 0. The van der Waals surface area contributed by atoms with E-state index in [0.29, 0.717) is 12.2 Å². The van der Waals surface area contributed by atoms with Crippen LogP contribution >= 0.6 is 0 Å². The van der Waals surface area contributed by atoms with Gasteiger partial charge in [0.25, 0.3) is 0 Å². The van der Waals surface area contributed by atoms with Crippen LogP contribution in [0.1, 0.15) is 48.0 Å². The highest BCUT2D eigenvalue weighted by molar-refractivity contribution is 6.74. The largest absolute Gasteiger partial charge is 0.457 e. The molecule has 0 bridgehead atoms. The maximum Gasteiger partial charge on any atom is 0.337 e. The number of rotatable bonds is 6. The van der Waals surface area contributed by atoms with Crippen LogP contribution in [-0.4, -0.2) is 26.2 Å². The van der Waals surface area contributed by atoms with Crippen LogP contribution in [-0.2, 0) is 18.7 Å². The number of hydrogen-bond donors (Lipinski definition) is 0. The van der Waals surface area contributed by atoms with Crippen molar-refractivity contribution < 1.29 is 18.7 Å². The third-order valence-corrected chi connectivity index (χ3v) is 8.79. The van der Waals surface area contributed by atoms with Gasteiger partial charge < -0.3 is 13.9 Å². The predicted molar refractivity (Wildman–Crippen MR) is 100.0 cm³/mol. The molecular formula is C19H32O4Si. The Kier molecular flexibility index (Phi) is 6.65. The van der Waals surface area contributed by atoms with Gasteiger partial charge in [-0.1, -0.05) is 45.1 Å². The fourth-order valence-electron chi connectivity index (χ4n) is 2.07. The monoisotopic (exact) mass is 352 g/mol. The molecule has 0 aromatic carbocycles. The number of carbonyl (C=O) groups excluding carboxylic acids is 1. The zero-order chi connectivity index (χ0) is 18.6. The van der Waals surface area contributed by atoms with Crippen molar-refractivity contribution in [3.05, 3.63) is 36.1 Å². The van der Waals surface area contributed by atoms with Gasteiger partial charge in [-0.05, 0) is 25.1 Å². The zero-order valence-electron chi connectivity index (χ0n) is 16.3. The fraction of sp³-hybridized carbons (Fsp3) is 0.632. The Bertz CT molecular complexity index is 536. The molecule has 0 saturated heterocycles. The van der Waals surface area contributed by atoms with Crippen LogP contribution in [0.2, 0.25) is 18.1 Å². The molecule has 0 amide bonds. The van der Waals surface area contributed by atoms with Gasteiger partial charge in [0.1, 0.15) is 5.76 Å². The molecule has 4 nitrogen and oxygen atoms in total. The Morgan fingerprint density at radius 3 is 2.38 bits per heavy atom. The highest BCUT2D eigenvalue weighted by atomic mass is 28.4. The van der Waals surface area contributed by atoms with Crippen molar-refractivity contribution in [2.45, 2.75) is 78.0 Å². The summed E-state index contributed by atoms with van der Waals surface area (Å²) in [6.07, 6.45) is 9.72. The number of carbonyl (C=O) groups is 1. The average Bonchev–Trinajstić information content (AvgIpc) is 2.34. The predicted octanol–water partition coefficient (Wildman–Crippen LogP) is 5.09. The molecule has 24 heavy (non-hydrogen) atoms. The van der Waals surface area contributed by atoms with Crippen LogP contribution in [0.5, 0.6) is 0 Å². The molecule has 1 aliphatic heterocycles. The molecule has 1 aliphatic rings. The number of esters is 1. The SMILES string of the molecule is C/C=C/C=C/C(CC1=CC(=O)OC(C)(C)O1)O[Si](C)(C)C(C)(C)C. The highest BCUT2D eigenvalue weighted by Crippen LogP contribution is 2.38. The fourth-order valence-corrected chi connectivity index (χ4v) is 3.34. The van der Waals surface area contributed by atoms with Crippen LogP contribution in [0.3, 0.4) is 0 Å². The smallest absolute Gasteiger partial charge is 0.337 e. The molecule has 0 N–H and O–H groups in total. The van der Waals surface area contributed by atoms with E-state index in [-0.39, 0.29) is 17.1 Å². The molecule has 5 heteroatoms. The highest BCUT2D eigenvalue weighted by Gasteiger charge is 2.39. The number of hydrogen-bond acceptors (Lipinski definition) is 4. The van der Waals surface area contributed by atoms with Gasteiger partial charge in [-0.2, -0.15) is 0 Å². The van der Waals surface area contributed by atoms with Crippen molar-refractivity contribution in [3.8, 4) is 0 Å². The molecule has 0 aliphatic carbocycles. The second kappa shape index (κ2) is 7.70. The van der Waals surface area contributed by atoms with E-state index in [2.05, 4.69) is 33.9 Å². The molecule has 1 heterocycles. The van der Waals surface area contributed by atoms with Crippen LogP contribution < -0.4 is 0 Å². The Labute approximate surface area is 147 Å². The third-order valence-electron chi connectivity index (χ3n) is 4.29. The second-order valence-corrected chi connectivity index (χ2v) is 12.8. The maximum atomic E-state index is 11.7. The lowest BCUT2D eigenvalue weighted by Crippen LogP contribution is -2.44.